The third-order valence-electron chi connectivity index (χ3n) is 3.03. The highest BCUT2D eigenvalue weighted by Gasteiger charge is 2.25. The van der Waals surface area contributed by atoms with Gasteiger partial charge in [-0.25, -0.2) is 0 Å². The first-order valence-corrected chi connectivity index (χ1v) is 6.17. The van der Waals surface area contributed by atoms with E-state index in [0.717, 1.165) is 5.56 Å². The average Bonchev–Trinajstić information content (AvgIpc) is 2.46. The Morgan fingerprint density at radius 2 is 2.16 bits per heavy atom. The molecule has 2 unspecified atom stereocenters. The molecule has 2 rings (SSSR count). The summed E-state index contributed by atoms with van der Waals surface area (Å²) in [7, 11) is 0. The van der Waals surface area contributed by atoms with Gasteiger partial charge in [-0.3, -0.25) is 14.9 Å². The van der Waals surface area contributed by atoms with Gasteiger partial charge in [0.15, 0.2) is 0 Å². The molecule has 0 saturated carbocycles. The van der Waals surface area contributed by atoms with E-state index in [1.165, 1.54) is 0 Å². The summed E-state index contributed by atoms with van der Waals surface area (Å²) in [6, 6.07) is 8.36. The van der Waals surface area contributed by atoms with Gasteiger partial charge in [0.25, 0.3) is 0 Å². The van der Waals surface area contributed by atoms with E-state index in [9.17, 15) is 14.7 Å². The Morgan fingerprint density at radius 1 is 1.42 bits per heavy atom. The van der Waals surface area contributed by atoms with Crippen LogP contribution in [0.1, 0.15) is 11.6 Å². The van der Waals surface area contributed by atoms with Crippen molar-refractivity contribution in [2.75, 3.05) is 19.7 Å². The number of aliphatic hydroxyl groups excluding tert-OH is 1. The second kappa shape index (κ2) is 6.31. The largest absolute Gasteiger partial charge is 0.394 e. The number of aliphatic hydroxyl groups is 1. The predicted octanol–water partition coefficient (Wildman–Crippen LogP) is -1.08. The van der Waals surface area contributed by atoms with Crippen LogP contribution >= 0.6 is 0 Å². The van der Waals surface area contributed by atoms with Crippen LogP contribution in [0.15, 0.2) is 30.3 Å². The van der Waals surface area contributed by atoms with Crippen molar-refractivity contribution >= 4 is 11.8 Å². The van der Waals surface area contributed by atoms with Crippen molar-refractivity contribution in [3.05, 3.63) is 35.9 Å². The Labute approximate surface area is 111 Å². The molecule has 1 saturated heterocycles. The van der Waals surface area contributed by atoms with Gasteiger partial charge >= 0.3 is 0 Å². The molecule has 1 aliphatic rings. The Balaban J connectivity index is 1.95. The minimum absolute atomic E-state index is 0.120. The highest BCUT2D eigenvalue weighted by Crippen LogP contribution is 2.11. The van der Waals surface area contributed by atoms with E-state index >= 15 is 0 Å². The molecular weight excluding hydrogens is 246 g/mol. The van der Waals surface area contributed by atoms with Crippen LogP contribution in [0, 0.1) is 0 Å². The lowest BCUT2D eigenvalue weighted by Gasteiger charge is -2.25. The molecule has 0 radical (unpaired) electrons. The zero-order chi connectivity index (χ0) is 13.7. The molecule has 1 fully saturated rings. The molecule has 1 aromatic rings. The van der Waals surface area contributed by atoms with Crippen LogP contribution < -0.4 is 16.0 Å². The van der Waals surface area contributed by atoms with Crippen molar-refractivity contribution in [3.63, 3.8) is 0 Å². The lowest BCUT2D eigenvalue weighted by atomic mass is 10.1. The van der Waals surface area contributed by atoms with Crippen LogP contribution in [0.2, 0.25) is 0 Å². The van der Waals surface area contributed by atoms with Gasteiger partial charge < -0.3 is 15.7 Å². The Kier molecular flexibility index (Phi) is 4.48. The van der Waals surface area contributed by atoms with Gasteiger partial charge in [0.1, 0.15) is 6.04 Å². The molecule has 1 heterocycles. The normalized spacial score (nSPS) is 20.5. The van der Waals surface area contributed by atoms with E-state index in [1.807, 2.05) is 30.3 Å². The maximum atomic E-state index is 12.0. The van der Waals surface area contributed by atoms with Crippen LogP contribution in [-0.4, -0.2) is 42.7 Å². The minimum atomic E-state index is -0.463. The Hall–Kier alpha value is -1.92. The summed E-state index contributed by atoms with van der Waals surface area (Å²) in [5.41, 5.74) is 0.846. The third-order valence-corrected chi connectivity index (χ3v) is 3.03. The molecule has 4 N–H and O–H groups in total. The first-order chi connectivity index (χ1) is 9.20. The van der Waals surface area contributed by atoms with Crippen LogP contribution in [0.25, 0.3) is 0 Å². The summed E-state index contributed by atoms with van der Waals surface area (Å²) < 4.78 is 0. The molecule has 6 nitrogen and oxygen atoms in total. The first-order valence-electron chi connectivity index (χ1n) is 6.17. The predicted molar refractivity (Wildman–Crippen MR) is 69.2 cm³/mol. The van der Waals surface area contributed by atoms with Gasteiger partial charge in [-0.2, -0.15) is 0 Å². The summed E-state index contributed by atoms with van der Waals surface area (Å²) in [6.07, 6.45) is 0. The lowest BCUT2D eigenvalue weighted by molar-refractivity contribution is -0.127. The van der Waals surface area contributed by atoms with Crippen LogP contribution in [0.3, 0.4) is 0 Å². The molecule has 102 valence electrons. The molecule has 1 aliphatic heterocycles. The van der Waals surface area contributed by atoms with Gasteiger partial charge in [-0.05, 0) is 5.56 Å². The van der Waals surface area contributed by atoms with Crippen LogP contribution in [-0.2, 0) is 9.59 Å². The second-order valence-corrected chi connectivity index (χ2v) is 4.39. The summed E-state index contributed by atoms with van der Waals surface area (Å²) >= 11 is 0. The van der Waals surface area contributed by atoms with Gasteiger partial charge in [-0.1, -0.05) is 30.3 Å². The average molecular weight is 263 g/mol. The molecule has 2 atom stereocenters. The highest BCUT2D eigenvalue weighted by molar-refractivity contribution is 5.87. The second-order valence-electron chi connectivity index (χ2n) is 4.39. The molecule has 2 amide bonds. The van der Waals surface area contributed by atoms with Crippen LogP contribution in [0.5, 0.6) is 0 Å². The lowest BCUT2D eigenvalue weighted by Crippen LogP contribution is -2.58. The van der Waals surface area contributed by atoms with Gasteiger partial charge in [0.2, 0.25) is 11.8 Å². The van der Waals surface area contributed by atoms with Crippen LogP contribution in [0.4, 0.5) is 0 Å². The smallest absolute Gasteiger partial charge is 0.239 e. The fraction of sp³-hybridized carbons (Fsp3) is 0.385. The number of carbonyl (C=O) groups is 2. The number of benzene rings is 1. The van der Waals surface area contributed by atoms with E-state index in [0.29, 0.717) is 0 Å². The molecule has 6 heteroatoms. The monoisotopic (exact) mass is 263 g/mol. The molecule has 0 aliphatic carbocycles. The maximum Gasteiger partial charge on any atom is 0.239 e. The quantitative estimate of drug-likeness (QED) is 0.556. The molecule has 19 heavy (non-hydrogen) atoms. The van der Waals surface area contributed by atoms with Gasteiger partial charge in [0, 0.05) is 6.54 Å². The van der Waals surface area contributed by atoms with E-state index in [2.05, 4.69) is 16.0 Å². The number of hydrogen-bond donors (Lipinski definition) is 4. The molecule has 1 aromatic carbocycles. The van der Waals surface area contributed by atoms with Crippen molar-refractivity contribution in [3.8, 4) is 0 Å². The number of carbonyl (C=O) groups excluding carboxylic acids is 2. The first kappa shape index (κ1) is 13.5. The summed E-state index contributed by atoms with van der Waals surface area (Å²) in [5.74, 6) is -0.353. The highest BCUT2D eigenvalue weighted by atomic mass is 16.3. The Bertz CT molecular complexity index is 440. The standard InChI is InChI=1S/C13H17N3O3/c17-8-11(9-4-2-1-3-5-9)16-13(19)10-6-15-12(18)7-14-10/h1-5,10-11,14,17H,6-8H2,(H,15,18)(H,16,19). The van der Waals surface area contributed by atoms with Crippen molar-refractivity contribution in [1.82, 2.24) is 16.0 Å². The van der Waals surface area contributed by atoms with E-state index in [4.69, 9.17) is 0 Å². The zero-order valence-electron chi connectivity index (χ0n) is 10.4. The summed E-state index contributed by atoms with van der Waals surface area (Å²) in [6.45, 7) is 0.222. The van der Waals surface area contributed by atoms with Crippen molar-refractivity contribution in [2.45, 2.75) is 12.1 Å². The third kappa shape index (κ3) is 3.52. The summed E-state index contributed by atoms with van der Waals surface area (Å²) in [4.78, 5) is 23.0. The zero-order valence-corrected chi connectivity index (χ0v) is 10.4. The number of piperazine rings is 1. The van der Waals surface area contributed by atoms with Crippen molar-refractivity contribution in [1.29, 1.82) is 0 Å². The Morgan fingerprint density at radius 3 is 2.74 bits per heavy atom. The minimum Gasteiger partial charge on any atom is -0.394 e. The van der Waals surface area contributed by atoms with Gasteiger partial charge in [0.05, 0.1) is 19.2 Å². The number of rotatable bonds is 4. The SMILES string of the molecule is O=C1CNC(C(=O)NC(CO)c2ccccc2)CN1. The molecule has 0 aromatic heterocycles. The number of hydrogen-bond acceptors (Lipinski definition) is 4. The molecule has 0 bridgehead atoms. The van der Waals surface area contributed by atoms with Crippen molar-refractivity contribution in [2.24, 2.45) is 0 Å². The van der Waals surface area contributed by atoms with E-state index in [1.54, 1.807) is 0 Å². The summed E-state index contributed by atoms with van der Waals surface area (Å²) in [5, 5.41) is 17.6. The van der Waals surface area contributed by atoms with E-state index in [-0.39, 0.29) is 31.5 Å². The van der Waals surface area contributed by atoms with E-state index < -0.39 is 12.1 Å². The van der Waals surface area contributed by atoms with Crippen molar-refractivity contribution < 1.29 is 14.7 Å². The van der Waals surface area contributed by atoms with Gasteiger partial charge in [-0.15, -0.1) is 0 Å². The number of amides is 2. The molecule has 0 spiro atoms. The fourth-order valence-electron chi connectivity index (χ4n) is 1.94. The number of nitrogens with one attached hydrogen (secondary N) is 3. The molecular formula is C13H17N3O3. The topological polar surface area (TPSA) is 90.5 Å². The fourth-order valence-corrected chi connectivity index (χ4v) is 1.94. The maximum absolute atomic E-state index is 12.0.